The fourth-order valence-corrected chi connectivity index (χ4v) is 1.17. The predicted molar refractivity (Wildman–Crippen MR) is 71.5 cm³/mol. The van der Waals surface area contributed by atoms with E-state index in [0.717, 1.165) is 12.8 Å². The molecule has 0 radical (unpaired) electrons. The van der Waals surface area contributed by atoms with Crippen molar-refractivity contribution in [2.75, 3.05) is 23.8 Å². The molecule has 1 unspecified atom stereocenters. The molecule has 1 aromatic rings. The number of anilines is 3. The van der Waals surface area contributed by atoms with Crippen LogP contribution in [-0.2, 0) is 9.09 Å². The molecular formula is C10H20N3NaO3P+. The quantitative estimate of drug-likeness (QED) is 0.243. The Balaban J connectivity index is -0.000000246. The molecule has 1 aromatic carbocycles. The van der Waals surface area contributed by atoms with E-state index in [4.69, 9.17) is 22.1 Å². The van der Waals surface area contributed by atoms with E-state index >= 15 is 0 Å². The number of rotatable bonds is 4. The summed E-state index contributed by atoms with van der Waals surface area (Å²) in [7, 11) is -2.36. The van der Waals surface area contributed by atoms with Crippen LogP contribution in [-0.4, -0.2) is 11.5 Å². The van der Waals surface area contributed by atoms with E-state index in [1.54, 1.807) is 18.2 Å². The van der Waals surface area contributed by atoms with Crippen molar-refractivity contribution in [3.05, 3.63) is 18.2 Å². The summed E-state index contributed by atoms with van der Waals surface area (Å²) in [5, 5.41) is 0. The van der Waals surface area contributed by atoms with Crippen molar-refractivity contribution in [3.63, 3.8) is 0 Å². The maximum Gasteiger partial charge on any atom is 1.00 e. The molecule has 7 N–H and O–H groups in total. The van der Waals surface area contributed by atoms with Crippen LogP contribution in [0.2, 0.25) is 0 Å². The van der Waals surface area contributed by atoms with E-state index in [1.807, 2.05) is 6.92 Å². The number of unbranched alkanes of at least 4 members (excludes halogenated alkanes) is 1. The molecule has 0 aliphatic rings. The minimum absolute atomic E-state index is 0. The van der Waals surface area contributed by atoms with Crippen molar-refractivity contribution in [1.82, 2.24) is 0 Å². The largest absolute Gasteiger partial charge is 1.00 e. The second-order valence-electron chi connectivity index (χ2n) is 3.27. The van der Waals surface area contributed by atoms with Gasteiger partial charge in [0.2, 0.25) is 0 Å². The molecule has 0 saturated carbocycles. The van der Waals surface area contributed by atoms with Crippen LogP contribution in [0.4, 0.5) is 17.1 Å². The summed E-state index contributed by atoms with van der Waals surface area (Å²) in [4.78, 5) is 8.07. The molecule has 0 amide bonds. The summed E-state index contributed by atoms with van der Waals surface area (Å²) in [6, 6.07) is 5.19. The van der Waals surface area contributed by atoms with Gasteiger partial charge in [-0.05, 0) is 18.6 Å². The van der Waals surface area contributed by atoms with Gasteiger partial charge in [0.05, 0.1) is 17.1 Å². The van der Waals surface area contributed by atoms with E-state index in [1.165, 1.54) is 0 Å². The third-order valence-corrected chi connectivity index (χ3v) is 2.28. The van der Waals surface area contributed by atoms with Gasteiger partial charge >= 0.3 is 37.8 Å². The molecule has 0 fully saturated rings. The fraction of sp³-hybridized carbons (Fsp3) is 0.400. The van der Waals surface area contributed by atoms with Crippen LogP contribution >= 0.6 is 8.25 Å². The summed E-state index contributed by atoms with van der Waals surface area (Å²) in [6.45, 7) is 2.38. The Bertz CT molecular complexity index is 352. The minimum Gasteiger partial charge on any atom is -1.00 e. The van der Waals surface area contributed by atoms with Crippen molar-refractivity contribution >= 4 is 25.3 Å². The van der Waals surface area contributed by atoms with Gasteiger partial charge in [0, 0.05) is 4.57 Å². The first-order valence-electron chi connectivity index (χ1n) is 5.17. The standard InChI is InChI=1S/C6H9N3.C4H9O3P.Na.H/c7-4-2-1-3-5(8)6(4)9;1-2-3-4-7-8(5)6;;/h1-3H,7-9H2;2-4H2,1H3;;/q;;+1;-1/p+1. The average Bonchev–Trinajstić information content (AvgIpc) is 2.27. The minimum atomic E-state index is -2.36. The van der Waals surface area contributed by atoms with Crippen LogP contribution in [0.5, 0.6) is 0 Å². The monoisotopic (exact) mass is 284 g/mol. The van der Waals surface area contributed by atoms with Gasteiger partial charge in [0.15, 0.2) is 0 Å². The number of hydrogen-bond donors (Lipinski definition) is 4. The molecule has 0 bridgehead atoms. The maximum atomic E-state index is 9.80. The van der Waals surface area contributed by atoms with Crippen LogP contribution in [0.1, 0.15) is 21.2 Å². The van der Waals surface area contributed by atoms with Gasteiger partial charge in [-0.25, -0.2) is 0 Å². The van der Waals surface area contributed by atoms with E-state index in [0.29, 0.717) is 23.7 Å². The van der Waals surface area contributed by atoms with Crippen molar-refractivity contribution < 1.29 is 45.0 Å². The molecule has 0 aliphatic heterocycles. The molecule has 0 heterocycles. The van der Waals surface area contributed by atoms with Gasteiger partial charge in [-0.1, -0.05) is 19.4 Å². The Hall–Kier alpha value is -0.360. The molecule has 0 saturated heterocycles. The second-order valence-corrected chi connectivity index (χ2v) is 4.01. The number of benzene rings is 1. The summed E-state index contributed by atoms with van der Waals surface area (Å²) in [6.07, 6.45) is 1.84. The first kappa shape index (κ1) is 20.0. The molecule has 98 valence electrons. The normalized spacial score (nSPS) is 9.78. The Morgan fingerprint density at radius 3 is 2.17 bits per heavy atom. The van der Waals surface area contributed by atoms with Gasteiger partial charge in [-0.15, -0.1) is 9.42 Å². The number of para-hydroxylation sites is 1. The van der Waals surface area contributed by atoms with E-state index < -0.39 is 8.25 Å². The number of nitrogens with two attached hydrogens (primary N) is 3. The Morgan fingerprint density at radius 1 is 1.33 bits per heavy atom. The molecule has 0 aromatic heterocycles. The summed E-state index contributed by atoms with van der Waals surface area (Å²) in [5.74, 6) is 0. The van der Waals surface area contributed by atoms with Gasteiger partial charge in [-0.3, -0.25) is 0 Å². The first-order chi connectivity index (χ1) is 7.99. The predicted octanol–water partition coefficient (Wildman–Crippen LogP) is -0.997. The fourth-order valence-electron chi connectivity index (χ4n) is 0.889. The SMILES string of the molecule is CCCCO[P+](=O)O.Nc1cccc(N)c1N.[H-].[Na+]. The van der Waals surface area contributed by atoms with Crippen LogP contribution in [0.15, 0.2) is 18.2 Å². The topological polar surface area (TPSA) is 125 Å². The third-order valence-electron chi connectivity index (χ3n) is 1.87. The van der Waals surface area contributed by atoms with Gasteiger partial charge < -0.3 is 18.6 Å². The number of hydrogen-bond acceptors (Lipinski definition) is 5. The van der Waals surface area contributed by atoms with Gasteiger partial charge in [-0.2, -0.15) is 0 Å². The van der Waals surface area contributed by atoms with Crippen molar-refractivity contribution in [2.45, 2.75) is 19.8 Å². The average molecular weight is 284 g/mol. The Labute approximate surface area is 132 Å². The third kappa shape index (κ3) is 9.65. The molecule has 8 heteroatoms. The summed E-state index contributed by atoms with van der Waals surface area (Å²) < 4.78 is 14.1. The smallest absolute Gasteiger partial charge is 1.00 e. The van der Waals surface area contributed by atoms with Gasteiger partial charge in [0.25, 0.3) is 0 Å². The summed E-state index contributed by atoms with van der Waals surface area (Å²) in [5.41, 5.74) is 17.8. The first-order valence-corrected chi connectivity index (χ1v) is 6.30. The number of nitrogen functional groups attached to an aromatic ring is 3. The molecule has 0 spiro atoms. The van der Waals surface area contributed by atoms with Crippen LogP contribution in [0.25, 0.3) is 0 Å². The summed E-state index contributed by atoms with van der Waals surface area (Å²) >= 11 is 0. The van der Waals surface area contributed by atoms with E-state index in [9.17, 15) is 4.57 Å². The van der Waals surface area contributed by atoms with Gasteiger partial charge in [0.1, 0.15) is 6.61 Å². The van der Waals surface area contributed by atoms with Crippen molar-refractivity contribution in [2.24, 2.45) is 0 Å². The maximum absolute atomic E-state index is 9.80. The Kier molecular flexibility index (Phi) is 13.0. The molecule has 6 nitrogen and oxygen atoms in total. The van der Waals surface area contributed by atoms with Crippen LogP contribution in [0, 0.1) is 0 Å². The zero-order chi connectivity index (χ0) is 13.3. The molecular weight excluding hydrogens is 264 g/mol. The molecule has 18 heavy (non-hydrogen) atoms. The van der Waals surface area contributed by atoms with Crippen LogP contribution in [0.3, 0.4) is 0 Å². The van der Waals surface area contributed by atoms with E-state index in [2.05, 4.69) is 4.52 Å². The zero-order valence-corrected chi connectivity index (χ0v) is 13.7. The second kappa shape index (κ2) is 11.7. The molecule has 1 rings (SSSR count). The van der Waals surface area contributed by atoms with Crippen molar-refractivity contribution in [1.29, 1.82) is 0 Å². The van der Waals surface area contributed by atoms with E-state index in [-0.39, 0.29) is 31.0 Å². The zero-order valence-electron chi connectivity index (χ0n) is 11.8. The van der Waals surface area contributed by atoms with Crippen LogP contribution < -0.4 is 46.8 Å². The molecule has 0 aliphatic carbocycles. The molecule has 1 atom stereocenters. The van der Waals surface area contributed by atoms with Crippen molar-refractivity contribution in [3.8, 4) is 0 Å². The Morgan fingerprint density at radius 2 is 1.83 bits per heavy atom.